The molecule has 0 aliphatic heterocycles. The van der Waals surface area contributed by atoms with Gasteiger partial charge in [0.2, 0.25) is 5.91 Å². The Labute approximate surface area is 167 Å². The van der Waals surface area contributed by atoms with Gasteiger partial charge in [0.15, 0.2) is 0 Å². The molecular weight excluding hydrogens is 380 g/mol. The molecule has 2 aromatic carbocycles. The van der Waals surface area contributed by atoms with E-state index >= 15 is 0 Å². The fourth-order valence-electron chi connectivity index (χ4n) is 2.77. The zero-order valence-corrected chi connectivity index (χ0v) is 16.1. The number of anilines is 1. The van der Waals surface area contributed by atoms with E-state index in [0.717, 1.165) is 11.8 Å². The maximum Gasteiger partial charge on any atom is 0.242 e. The lowest BCUT2D eigenvalue weighted by Gasteiger charge is -2.26. The highest BCUT2D eigenvalue weighted by Gasteiger charge is 2.39. The second-order valence-corrected chi connectivity index (χ2v) is 6.94. The van der Waals surface area contributed by atoms with Gasteiger partial charge in [-0.05, 0) is 30.0 Å². The van der Waals surface area contributed by atoms with Gasteiger partial charge in [-0.1, -0.05) is 48.0 Å². The third kappa shape index (κ3) is 4.89. The molecular formula is C20H17ClN4OS. The normalized spacial score (nSPS) is 13.5. The Balaban J connectivity index is 2.48. The van der Waals surface area contributed by atoms with E-state index < -0.39 is 23.7 Å². The summed E-state index contributed by atoms with van der Waals surface area (Å²) < 4.78 is 0. The quantitative estimate of drug-likeness (QED) is 0.546. The molecule has 1 unspecified atom stereocenters. The summed E-state index contributed by atoms with van der Waals surface area (Å²) in [4.78, 5) is 12.8. The van der Waals surface area contributed by atoms with Crippen molar-refractivity contribution in [3.8, 4) is 12.1 Å². The summed E-state index contributed by atoms with van der Waals surface area (Å²) in [5.74, 6) is -3.56. The summed E-state index contributed by atoms with van der Waals surface area (Å²) in [5.41, 5.74) is 1.05. The number of thioether (sulfide) groups is 1. The van der Waals surface area contributed by atoms with Gasteiger partial charge in [0.05, 0.1) is 17.2 Å². The number of nitrogens with zero attached hydrogens (tertiary/aromatic N) is 2. The maximum atomic E-state index is 12.8. The predicted molar refractivity (Wildman–Crippen MR) is 109 cm³/mol. The van der Waals surface area contributed by atoms with Crippen LogP contribution in [0.2, 0.25) is 5.02 Å². The van der Waals surface area contributed by atoms with Crippen molar-refractivity contribution in [1.82, 2.24) is 0 Å². The molecule has 0 heterocycles. The first-order valence-electron chi connectivity index (χ1n) is 8.05. The van der Waals surface area contributed by atoms with E-state index in [2.05, 4.69) is 11.4 Å². The van der Waals surface area contributed by atoms with Gasteiger partial charge in [-0.3, -0.25) is 10.2 Å². The predicted octanol–water partition coefficient (Wildman–Crippen LogP) is 4.68. The van der Waals surface area contributed by atoms with Crippen molar-refractivity contribution in [3.63, 3.8) is 0 Å². The number of rotatable bonds is 6. The average Bonchev–Trinajstić information content (AvgIpc) is 2.69. The van der Waals surface area contributed by atoms with Gasteiger partial charge in [0.1, 0.15) is 11.8 Å². The number of hydrogen-bond donors (Lipinski definition) is 2. The summed E-state index contributed by atoms with van der Waals surface area (Å²) >= 11 is 7.41. The first-order chi connectivity index (χ1) is 13.0. The van der Waals surface area contributed by atoms with Crippen molar-refractivity contribution in [2.24, 2.45) is 11.8 Å². The van der Waals surface area contributed by atoms with E-state index in [-0.39, 0.29) is 5.04 Å². The van der Waals surface area contributed by atoms with E-state index in [1.165, 1.54) is 0 Å². The van der Waals surface area contributed by atoms with E-state index in [4.69, 9.17) is 17.0 Å². The lowest BCUT2D eigenvalue weighted by atomic mass is 9.77. The highest BCUT2D eigenvalue weighted by atomic mass is 35.5. The topological polar surface area (TPSA) is 101 Å². The molecule has 0 bridgehead atoms. The standard InChI is InChI=1S/C20H17ClN4OS/c1-27-19(24)15(11-22)18(14-9-5-6-10-17(14)21)16(12-23)20(26)25-13-7-3-2-4-8-13/h2-10,15-16,18,24H,1H3,(H,25,26)/t15?,16-,18+/m0/s1. The van der Waals surface area contributed by atoms with Crippen LogP contribution >= 0.6 is 23.4 Å². The number of nitriles is 2. The molecule has 2 N–H and O–H groups in total. The average molecular weight is 397 g/mol. The minimum atomic E-state index is -1.19. The van der Waals surface area contributed by atoms with Crippen molar-refractivity contribution in [1.29, 1.82) is 15.9 Å². The Morgan fingerprint density at radius 2 is 1.67 bits per heavy atom. The smallest absolute Gasteiger partial charge is 0.242 e. The fourth-order valence-corrected chi connectivity index (χ4v) is 3.48. The molecule has 5 nitrogen and oxygen atoms in total. The second kappa shape index (κ2) is 9.78. The van der Waals surface area contributed by atoms with Gasteiger partial charge in [-0.25, -0.2) is 0 Å². The van der Waals surface area contributed by atoms with Gasteiger partial charge in [0.25, 0.3) is 0 Å². The number of carbonyl (C=O) groups is 1. The monoisotopic (exact) mass is 396 g/mol. The molecule has 0 saturated carbocycles. The molecule has 3 atom stereocenters. The summed E-state index contributed by atoms with van der Waals surface area (Å²) in [7, 11) is 0. The van der Waals surface area contributed by atoms with Crippen molar-refractivity contribution in [2.75, 3.05) is 11.6 Å². The highest BCUT2D eigenvalue weighted by Crippen LogP contribution is 2.38. The third-order valence-corrected chi connectivity index (χ3v) is 5.12. The maximum absolute atomic E-state index is 12.8. The SMILES string of the molecule is CSC(=N)C(C#N)[C@@H](c1ccccc1Cl)[C@H](C#N)C(=O)Nc1ccccc1. The lowest BCUT2D eigenvalue weighted by molar-refractivity contribution is -0.119. The third-order valence-electron chi connectivity index (χ3n) is 4.09. The second-order valence-electron chi connectivity index (χ2n) is 5.68. The van der Waals surface area contributed by atoms with Gasteiger partial charge >= 0.3 is 0 Å². The lowest BCUT2D eigenvalue weighted by Crippen LogP contribution is -2.33. The molecule has 136 valence electrons. The van der Waals surface area contributed by atoms with E-state index in [1.54, 1.807) is 54.8 Å². The van der Waals surface area contributed by atoms with Gasteiger partial charge < -0.3 is 5.32 Å². The van der Waals surface area contributed by atoms with Gasteiger partial charge in [-0.15, -0.1) is 11.8 Å². The molecule has 0 spiro atoms. The Hall–Kier alpha value is -2.80. The molecule has 2 aromatic rings. The van der Waals surface area contributed by atoms with Crippen molar-refractivity contribution in [2.45, 2.75) is 5.92 Å². The van der Waals surface area contributed by atoms with Crippen LogP contribution in [0.4, 0.5) is 5.69 Å². The van der Waals surface area contributed by atoms with Crippen LogP contribution in [0.15, 0.2) is 54.6 Å². The molecule has 0 aliphatic carbocycles. The number of halogens is 1. The van der Waals surface area contributed by atoms with Crippen molar-refractivity contribution < 1.29 is 4.79 Å². The zero-order valence-electron chi connectivity index (χ0n) is 14.5. The van der Waals surface area contributed by atoms with Crippen LogP contribution < -0.4 is 5.32 Å². The molecule has 27 heavy (non-hydrogen) atoms. The Morgan fingerprint density at radius 1 is 1.07 bits per heavy atom. The van der Waals surface area contributed by atoms with E-state index in [1.807, 2.05) is 12.1 Å². The molecule has 1 amide bonds. The molecule has 7 heteroatoms. The number of hydrogen-bond acceptors (Lipinski definition) is 5. The Morgan fingerprint density at radius 3 is 2.22 bits per heavy atom. The first-order valence-corrected chi connectivity index (χ1v) is 9.65. The van der Waals surface area contributed by atoms with Gasteiger partial charge in [-0.2, -0.15) is 10.5 Å². The largest absolute Gasteiger partial charge is 0.325 e. The minimum absolute atomic E-state index is 0.0789. The fraction of sp³-hybridized carbons (Fsp3) is 0.200. The first kappa shape index (κ1) is 20.5. The number of para-hydroxylation sites is 1. The molecule has 0 radical (unpaired) electrons. The summed E-state index contributed by atoms with van der Waals surface area (Å²) in [6.07, 6.45) is 1.68. The number of benzene rings is 2. The van der Waals surface area contributed by atoms with Crippen LogP contribution in [0.25, 0.3) is 0 Å². The van der Waals surface area contributed by atoms with Crippen molar-refractivity contribution in [3.05, 3.63) is 65.2 Å². The van der Waals surface area contributed by atoms with Crippen molar-refractivity contribution >= 4 is 40.0 Å². The molecule has 0 saturated heterocycles. The molecule has 2 rings (SSSR count). The van der Waals surface area contributed by atoms with Crippen LogP contribution in [0.1, 0.15) is 11.5 Å². The number of carbonyl (C=O) groups excluding carboxylic acids is 1. The zero-order chi connectivity index (χ0) is 19.8. The summed E-state index contributed by atoms with van der Waals surface area (Å²) in [6.45, 7) is 0. The summed E-state index contributed by atoms with van der Waals surface area (Å²) in [5, 5.41) is 30.7. The summed E-state index contributed by atoms with van der Waals surface area (Å²) in [6, 6.07) is 19.7. The molecule has 0 aromatic heterocycles. The molecule has 0 aliphatic rings. The van der Waals surface area contributed by atoms with E-state index in [0.29, 0.717) is 16.3 Å². The van der Waals surface area contributed by atoms with E-state index in [9.17, 15) is 15.3 Å². The minimum Gasteiger partial charge on any atom is -0.325 e. The number of nitrogens with one attached hydrogen (secondary N) is 2. The number of amides is 1. The Bertz CT molecular complexity index is 904. The van der Waals surface area contributed by atoms with Crippen LogP contribution in [0, 0.1) is 39.9 Å². The van der Waals surface area contributed by atoms with Crippen LogP contribution in [-0.4, -0.2) is 17.2 Å². The Kier molecular flexibility index (Phi) is 7.43. The van der Waals surface area contributed by atoms with Crippen LogP contribution in [0.3, 0.4) is 0 Å². The van der Waals surface area contributed by atoms with Gasteiger partial charge in [0, 0.05) is 16.6 Å². The molecule has 0 fully saturated rings. The van der Waals surface area contributed by atoms with Crippen LogP contribution in [-0.2, 0) is 4.79 Å². The highest BCUT2D eigenvalue weighted by molar-refractivity contribution is 8.13. The van der Waals surface area contributed by atoms with Crippen LogP contribution in [0.5, 0.6) is 0 Å².